The second-order valence-corrected chi connectivity index (χ2v) is 5.42. The molecule has 0 radical (unpaired) electrons. The molecule has 0 unspecified atom stereocenters. The lowest BCUT2D eigenvalue weighted by Gasteiger charge is -2.14. The Labute approximate surface area is 138 Å². The Bertz CT molecular complexity index is 435. The minimum Gasteiger partial charge on any atom is -0.487 e. The zero-order valence-corrected chi connectivity index (χ0v) is 14.1. The zero-order chi connectivity index (χ0) is 16.2. The molecule has 0 aliphatic carbocycles. The Kier molecular flexibility index (Phi) is 8.84. The lowest BCUT2D eigenvalue weighted by Crippen LogP contribution is -2.13. The predicted molar refractivity (Wildman–Crippen MR) is 88.5 cm³/mol. The van der Waals surface area contributed by atoms with Crippen LogP contribution >= 0.6 is 0 Å². The molecule has 0 bridgehead atoms. The van der Waals surface area contributed by atoms with Gasteiger partial charge in [-0.15, -0.1) is 0 Å². The SMILES string of the molecule is CCCCc1ccc2c(c1)OCCOCCOCCOCCO2. The van der Waals surface area contributed by atoms with Crippen molar-refractivity contribution in [3.05, 3.63) is 23.8 Å². The maximum absolute atomic E-state index is 5.85. The highest BCUT2D eigenvalue weighted by Crippen LogP contribution is 2.29. The van der Waals surface area contributed by atoms with Gasteiger partial charge in [0.1, 0.15) is 13.2 Å². The van der Waals surface area contributed by atoms with Gasteiger partial charge in [0.2, 0.25) is 0 Å². The summed E-state index contributed by atoms with van der Waals surface area (Å²) in [5.41, 5.74) is 1.28. The quantitative estimate of drug-likeness (QED) is 0.855. The Morgan fingerprint density at radius 3 is 1.91 bits per heavy atom. The van der Waals surface area contributed by atoms with Crippen LogP contribution in [0.3, 0.4) is 0 Å². The van der Waals surface area contributed by atoms with E-state index in [2.05, 4.69) is 19.1 Å². The van der Waals surface area contributed by atoms with E-state index in [1.165, 1.54) is 18.4 Å². The average molecular weight is 324 g/mol. The highest BCUT2D eigenvalue weighted by atomic mass is 16.6. The predicted octanol–water partition coefficient (Wildman–Crippen LogP) is 2.85. The van der Waals surface area contributed by atoms with Crippen LogP contribution in [0.1, 0.15) is 25.3 Å². The van der Waals surface area contributed by atoms with Crippen LogP contribution in [0.2, 0.25) is 0 Å². The molecule has 1 heterocycles. The van der Waals surface area contributed by atoms with Crippen LogP contribution in [0, 0.1) is 0 Å². The topological polar surface area (TPSA) is 46.2 Å². The minimum atomic E-state index is 0.501. The van der Waals surface area contributed by atoms with E-state index in [-0.39, 0.29) is 0 Å². The molecule has 1 aromatic carbocycles. The van der Waals surface area contributed by atoms with Crippen molar-refractivity contribution in [2.24, 2.45) is 0 Å². The fraction of sp³-hybridized carbons (Fsp3) is 0.667. The molecule has 1 aromatic rings. The molecule has 1 aliphatic heterocycles. The van der Waals surface area contributed by atoms with E-state index < -0.39 is 0 Å². The van der Waals surface area contributed by atoms with Gasteiger partial charge in [0.15, 0.2) is 11.5 Å². The number of hydrogen-bond acceptors (Lipinski definition) is 5. The number of fused-ring (bicyclic) bond motifs is 1. The molecule has 0 amide bonds. The molecule has 0 spiro atoms. The van der Waals surface area contributed by atoms with Gasteiger partial charge in [0.05, 0.1) is 39.6 Å². The molecule has 0 aromatic heterocycles. The van der Waals surface area contributed by atoms with Gasteiger partial charge in [0.25, 0.3) is 0 Å². The first-order valence-electron chi connectivity index (χ1n) is 8.52. The molecule has 5 nitrogen and oxygen atoms in total. The lowest BCUT2D eigenvalue weighted by molar-refractivity contribution is 0.00708. The average Bonchev–Trinajstić information content (AvgIpc) is 2.58. The van der Waals surface area contributed by atoms with Crippen molar-refractivity contribution in [2.75, 3.05) is 52.9 Å². The second-order valence-electron chi connectivity index (χ2n) is 5.42. The van der Waals surface area contributed by atoms with Crippen LogP contribution in [0.25, 0.3) is 0 Å². The number of unbranched alkanes of at least 4 members (excludes halogenated alkanes) is 1. The van der Waals surface area contributed by atoms with E-state index in [1.54, 1.807) is 0 Å². The Morgan fingerprint density at radius 1 is 0.739 bits per heavy atom. The maximum Gasteiger partial charge on any atom is 0.161 e. The van der Waals surface area contributed by atoms with Gasteiger partial charge in [-0.1, -0.05) is 19.4 Å². The molecule has 5 heteroatoms. The monoisotopic (exact) mass is 324 g/mol. The highest BCUT2D eigenvalue weighted by molar-refractivity contribution is 5.43. The summed E-state index contributed by atoms with van der Waals surface area (Å²) in [7, 11) is 0. The Balaban J connectivity index is 1.96. The molecular formula is C18H28O5. The Hall–Kier alpha value is -1.30. The van der Waals surface area contributed by atoms with Crippen LogP contribution in [0.15, 0.2) is 18.2 Å². The Morgan fingerprint density at radius 2 is 1.30 bits per heavy atom. The first kappa shape index (κ1) is 18.0. The van der Waals surface area contributed by atoms with Crippen molar-refractivity contribution in [3.8, 4) is 11.5 Å². The van der Waals surface area contributed by atoms with E-state index in [9.17, 15) is 0 Å². The molecule has 2 rings (SSSR count). The zero-order valence-electron chi connectivity index (χ0n) is 14.1. The fourth-order valence-electron chi connectivity index (χ4n) is 2.28. The molecule has 23 heavy (non-hydrogen) atoms. The molecule has 130 valence electrons. The third-order valence-corrected chi connectivity index (χ3v) is 3.54. The number of aryl methyl sites for hydroxylation is 1. The van der Waals surface area contributed by atoms with Crippen LogP contribution in [-0.2, 0) is 20.6 Å². The normalized spacial score (nSPS) is 18.0. The summed E-state index contributed by atoms with van der Waals surface area (Å²) < 4.78 is 28.0. The first-order chi connectivity index (χ1) is 11.4. The first-order valence-corrected chi connectivity index (χ1v) is 8.52. The van der Waals surface area contributed by atoms with Gasteiger partial charge in [-0.05, 0) is 30.5 Å². The van der Waals surface area contributed by atoms with Crippen LogP contribution < -0.4 is 9.47 Å². The highest BCUT2D eigenvalue weighted by Gasteiger charge is 2.08. The molecular weight excluding hydrogens is 296 g/mol. The van der Waals surface area contributed by atoms with Crippen molar-refractivity contribution in [2.45, 2.75) is 26.2 Å². The van der Waals surface area contributed by atoms with E-state index in [1.807, 2.05) is 6.07 Å². The number of ether oxygens (including phenoxy) is 5. The molecule has 0 atom stereocenters. The third-order valence-electron chi connectivity index (χ3n) is 3.54. The third kappa shape index (κ3) is 7.20. The molecule has 1 aliphatic rings. The molecule has 0 saturated carbocycles. The van der Waals surface area contributed by atoms with Gasteiger partial charge in [-0.25, -0.2) is 0 Å². The number of hydrogen-bond donors (Lipinski definition) is 0. The molecule has 0 fully saturated rings. The van der Waals surface area contributed by atoms with Gasteiger partial charge < -0.3 is 23.7 Å². The molecule has 0 N–H and O–H groups in total. The van der Waals surface area contributed by atoms with Crippen LogP contribution in [0.4, 0.5) is 0 Å². The van der Waals surface area contributed by atoms with E-state index in [4.69, 9.17) is 23.7 Å². The number of rotatable bonds is 3. The lowest BCUT2D eigenvalue weighted by atomic mass is 10.1. The van der Waals surface area contributed by atoms with Crippen LogP contribution in [-0.4, -0.2) is 52.9 Å². The van der Waals surface area contributed by atoms with E-state index in [0.717, 1.165) is 17.9 Å². The van der Waals surface area contributed by atoms with E-state index in [0.29, 0.717) is 52.9 Å². The summed E-state index contributed by atoms with van der Waals surface area (Å²) in [6.45, 7) is 6.59. The standard InChI is InChI=1S/C18H28O5/c1-2-3-4-16-5-6-17-18(15-16)23-14-12-21-10-8-19-7-9-20-11-13-22-17/h5-6,15H,2-4,7-14H2,1H3. The minimum absolute atomic E-state index is 0.501. The summed E-state index contributed by atoms with van der Waals surface area (Å²) in [6, 6.07) is 6.17. The van der Waals surface area contributed by atoms with Crippen molar-refractivity contribution < 1.29 is 23.7 Å². The largest absolute Gasteiger partial charge is 0.487 e. The summed E-state index contributed by atoms with van der Waals surface area (Å²) in [5, 5.41) is 0. The van der Waals surface area contributed by atoms with E-state index >= 15 is 0 Å². The van der Waals surface area contributed by atoms with Gasteiger partial charge >= 0.3 is 0 Å². The van der Waals surface area contributed by atoms with Gasteiger partial charge in [-0.3, -0.25) is 0 Å². The summed E-state index contributed by atoms with van der Waals surface area (Å²) >= 11 is 0. The maximum atomic E-state index is 5.85. The van der Waals surface area contributed by atoms with Crippen molar-refractivity contribution in [1.29, 1.82) is 0 Å². The molecule has 0 saturated heterocycles. The smallest absolute Gasteiger partial charge is 0.161 e. The summed E-state index contributed by atoms with van der Waals surface area (Å²) in [4.78, 5) is 0. The van der Waals surface area contributed by atoms with Crippen molar-refractivity contribution in [1.82, 2.24) is 0 Å². The fourth-order valence-corrected chi connectivity index (χ4v) is 2.28. The number of benzene rings is 1. The van der Waals surface area contributed by atoms with Crippen molar-refractivity contribution in [3.63, 3.8) is 0 Å². The van der Waals surface area contributed by atoms with Crippen molar-refractivity contribution >= 4 is 0 Å². The second kappa shape index (κ2) is 11.3. The summed E-state index contributed by atoms with van der Waals surface area (Å²) in [5.74, 6) is 1.55. The van der Waals surface area contributed by atoms with Crippen LogP contribution in [0.5, 0.6) is 11.5 Å². The van der Waals surface area contributed by atoms with Gasteiger partial charge in [0, 0.05) is 0 Å². The van der Waals surface area contributed by atoms with Gasteiger partial charge in [-0.2, -0.15) is 0 Å². The summed E-state index contributed by atoms with van der Waals surface area (Å²) in [6.07, 6.45) is 3.42.